The average molecular weight is 313 g/mol. The van der Waals surface area contributed by atoms with Gasteiger partial charge in [0.15, 0.2) is 5.78 Å². The van der Waals surface area contributed by atoms with E-state index in [0.717, 1.165) is 35.7 Å². The van der Waals surface area contributed by atoms with Gasteiger partial charge in [0.05, 0.1) is 6.21 Å². The van der Waals surface area contributed by atoms with E-state index in [9.17, 15) is 4.79 Å². The van der Waals surface area contributed by atoms with Crippen LogP contribution in [0.5, 0.6) is 0 Å². The predicted molar refractivity (Wildman–Crippen MR) is 95.0 cm³/mol. The van der Waals surface area contributed by atoms with Crippen LogP contribution in [0, 0.1) is 0 Å². The lowest BCUT2D eigenvalue weighted by Gasteiger charge is -1.99. The highest BCUT2D eigenvalue weighted by Gasteiger charge is 2.05. The number of ketones is 1. The van der Waals surface area contributed by atoms with Crippen LogP contribution in [-0.4, -0.2) is 29.5 Å². The number of rotatable bonds is 7. The largest absolute Gasteiger partial charge is 0.369 e. The lowest BCUT2D eigenvalue weighted by molar-refractivity contribution is 0.101. The summed E-state index contributed by atoms with van der Waals surface area (Å²) in [6.07, 6.45) is 6.84. The number of nitrogens with zero attached hydrogens (tertiary/aromatic N) is 2. The van der Waals surface area contributed by atoms with Gasteiger partial charge in [0.25, 0.3) is 0 Å². The third-order valence-corrected chi connectivity index (χ3v) is 3.55. The average Bonchev–Trinajstić information content (AvgIpc) is 2.94. The number of benzene rings is 1. The van der Waals surface area contributed by atoms with Gasteiger partial charge in [-0.1, -0.05) is 19.8 Å². The van der Waals surface area contributed by atoms with Crippen molar-refractivity contribution < 1.29 is 4.79 Å². The minimum Gasteiger partial charge on any atom is -0.369 e. The van der Waals surface area contributed by atoms with E-state index in [2.05, 4.69) is 27.4 Å². The summed E-state index contributed by atoms with van der Waals surface area (Å²) in [4.78, 5) is 18.8. The molecule has 0 saturated heterocycles. The Labute approximate surface area is 135 Å². The number of aromatic nitrogens is 1. The predicted octanol–water partition coefficient (Wildman–Crippen LogP) is 2.80. The molecular weight excluding hydrogens is 290 g/mol. The van der Waals surface area contributed by atoms with E-state index in [-0.39, 0.29) is 5.78 Å². The van der Waals surface area contributed by atoms with Crippen molar-refractivity contribution in [3.05, 3.63) is 35.5 Å². The van der Waals surface area contributed by atoms with Gasteiger partial charge in [-0.25, -0.2) is 5.43 Å². The van der Waals surface area contributed by atoms with Gasteiger partial charge in [-0.3, -0.25) is 9.79 Å². The molecule has 1 aromatic carbocycles. The van der Waals surface area contributed by atoms with E-state index in [1.165, 1.54) is 0 Å². The van der Waals surface area contributed by atoms with Gasteiger partial charge in [0.2, 0.25) is 5.96 Å². The molecule has 0 aliphatic carbocycles. The number of hydrazone groups is 1. The van der Waals surface area contributed by atoms with Crippen molar-refractivity contribution in [1.82, 2.24) is 10.4 Å². The molecular formula is C17H23N5O. The van der Waals surface area contributed by atoms with Crippen molar-refractivity contribution in [1.29, 1.82) is 0 Å². The van der Waals surface area contributed by atoms with Gasteiger partial charge >= 0.3 is 0 Å². The van der Waals surface area contributed by atoms with Crippen molar-refractivity contribution in [3.63, 3.8) is 0 Å². The fraction of sp³-hybridized carbons (Fsp3) is 0.353. The van der Waals surface area contributed by atoms with Crippen LogP contribution in [-0.2, 0) is 0 Å². The van der Waals surface area contributed by atoms with E-state index < -0.39 is 0 Å². The first-order chi connectivity index (χ1) is 11.1. The van der Waals surface area contributed by atoms with Crippen LogP contribution in [0.4, 0.5) is 0 Å². The molecule has 0 aliphatic heterocycles. The molecule has 4 N–H and O–H groups in total. The fourth-order valence-electron chi connectivity index (χ4n) is 2.23. The summed E-state index contributed by atoms with van der Waals surface area (Å²) >= 11 is 0. The van der Waals surface area contributed by atoms with Crippen LogP contribution in [0.1, 0.15) is 49.0 Å². The second kappa shape index (κ2) is 8.12. The van der Waals surface area contributed by atoms with Crippen LogP contribution in [0.15, 0.2) is 34.5 Å². The van der Waals surface area contributed by atoms with Gasteiger partial charge < -0.3 is 10.7 Å². The number of carbonyl (C=O) groups excluding carboxylic acids is 1. The van der Waals surface area contributed by atoms with Crippen molar-refractivity contribution in [2.24, 2.45) is 15.8 Å². The zero-order chi connectivity index (χ0) is 16.7. The number of fused-ring (bicyclic) bond motifs is 1. The standard InChI is InChI=1S/C17H23N5O/c1-3-4-5-8-19-17(18)22-21-11-14-10-20-16-7-6-13(12(2)23)9-15(14)16/h6-7,9-11,20H,3-5,8H2,1-2H3,(H3,18,19,22)/b21-11-. The molecule has 1 aromatic heterocycles. The van der Waals surface area contributed by atoms with E-state index >= 15 is 0 Å². The molecule has 0 unspecified atom stereocenters. The smallest absolute Gasteiger partial charge is 0.209 e. The van der Waals surface area contributed by atoms with Crippen molar-refractivity contribution in [2.45, 2.75) is 33.1 Å². The van der Waals surface area contributed by atoms with Crippen LogP contribution in [0.2, 0.25) is 0 Å². The molecule has 2 aromatic rings. The maximum absolute atomic E-state index is 11.5. The number of nitrogens with one attached hydrogen (secondary N) is 2. The zero-order valence-electron chi connectivity index (χ0n) is 13.6. The third kappa shape index (κ3) is 4.67. The summed E-state index contributed by atoms with van der Waals surface area (Å²) in [5.74, 6) is 0.346. The first-order valence-corrected chi connectivity index (χ1v) is 7.83. The fourth-order valence-corrected chi connectivity index (χ4v) is 2.23. The highest BCUT2D eigenvalue weighted by molar-refractivity contribution is 6.03. The number of nitrogens with two attached hydrogens (primary N) is 1. The molecule has 122 valence electrons. The number of unbranched alkanes of at least 4 members (excludes halogenated alkanes) is 2. The molecule has 1 heterocycles. The van der Waals surface area contributed by atoms with Gasteiger partial charge in [-0.15, -0.1) is 0 Å². The third-order valence-electron chi connectivity index (χ3n) is 3.55. The molecule has 0 bridgehead atoms. The molecule has 0 atom stereocenters. The summed E-state index contributed by atoms with van der Waals surface area (Å²) in [6.45, 7) is 4.41. The molecule has 23 heavy (non-hydrogen) atoms. The van der Waals surface area contributed by atoms with Gasteiger partial charge in [0, 0.05) is 34.8 Å². The Morgan fingerprint density at radius 1 is 1.39 bits per heavy atom. The molecule has 0 amide bonds. The Morgan fingerprint density at radius 2 is 2.22 bits per heavy atom. The number of aromatic amines is 1. The van der Waals surface area contributed by atoms with Gasteiger partial charge in [-0.2, -0.15) is 5.10 Å². The first-order valence-electron chi connectivity index (χ1n) is 7.83. The van der Waals surface area contributed by atoms with Crippen molar-refractivity contribution >= 4 is 28.9 Å². The van der Waals surface area contributed by atoms with Crippen LogP contribution < -0.4 is 11.2 Å². The zero-order valence-corrected chi connectivity index (χ0v) is 13.6. The normalized spacial score (nSPS) is 12.2. The highest BCUT2D eigenvalue weighted by Crippen LogP contribution is 2.18. The maximum atomic E-state index is 11.5. The number of aliphatic imine (C=N–C) groups is 1. The Balaban J connectivity index is 2.03. The van der Waals surface area contributed by atoms with Crippen LogP contribution in [0.25, 0.3) is 10.9 Å². The Hall–Kier alpha value is -2.63. The van der Waals surface area contributed by atoms with Gasteiger partial charge in [0.1, 0.15) is 0 Å². The molecule has 0 spiro atoms. The summed E-state index contributed by atoms with van der Waals surface area (Å²) in [6, 6.07) is 5.55. The van der Waals surface area contributed by atoms with Gasteiger partial charge in [-0.05, 0) is 31.5 Å². The Kier molecular flexibility index (Phi) is 5.91. The van der Waals surface area contributed by atoms with Crippen molar-refractivity contribution in [2.75, 3.05) is 6.54 Å². The van der Waals surface area contributed by atoms with Crippen molar-refractivity contribution in [3.8, 4) is 0 Å². The van der Waals surface area contributed by atoms with Crippen LogP contribution in [0.3, 0.4) is 0 Å². The second-order valence-electron chi connectivity index (χ2n) is 5.40. The number of Topliss-reactive ketones (excluding diaryl/α,β-unsaturated/α-hetero) is 1. The topological polar surface area (TPSA) is 95.6 Å². The monoisotopic (exact) mass is 313 g/mol. The molecule has 2 rings (SSSR count). The summed E-state index contributed by atoms with van der Waals surface area (Å²) in [5.41, 5.74) is 11.0. The number of H-pyrrole nitrogens is 1. The van der Waals surface area contributed by atoms with E-state index in [0.29, 0.717) is 18.1 Å². The molecule has 0 fully saturated rings. The summed E-state index contributed by atoms with van der Waals surface area (Å²) in [5, 5.41) is 5.05. The minimum absolute atomic E-state index is 0.0394. The molecule has 0 radical (unpaired) electrons. The number of guanidine groups is 1. The minimum atomic E-state index is 0.0394. The second-order valence-corrected chi connectivity index (χ2v) is 5.40. The lowest BCUT2D eigenvalue weighted by atomic mass is 10.1. The first kappa shape index (κ1) is 16.7. The molecule has 0 saturated carbocycles. The highest BCUT2D eigenvalue weighted by atomic mass is 16.1. The maximum Gasteiger partial charge on any atom is 0.209 e. The number of hydrogen-bond acceptors (Lipinski definition) is 3. The van der Waals surface area contributed by atoms with E-state index in [1.54, 1.807) is 19.2 Å². The lowest BCUT2D eigenvalue weighted by Crippen LogP contribution is -2.27. The Bertz CT molecular complexity index is 730. The summed E-state index contributed by atoms with van der Waals surface area (Å²) in [7, 11) is 0. The molecule has 0 aliphatic rings. The quantitative estimate of drug-likeness (QED) is 0.241. The number of carbonyl (C=O) groups is 1. The van der Waals surface area contributed by atoms with E-state index in [1.807, 2.05) is 18.3 Å². The molecule has 6 heteroatoms. The van der Waals surface area contributed by atoms with Crippen LogP contribution >= 0.6 is 0 Å². The number of hydrogen-bond donors (Lipinski definition) is 3. The Morgan fingerprint density at radius 3 is 2.96 bits per heavy atom. The SMILES string of the molecule is CCCCCN=C(N)N/N=C\c1c[nH]c2ccc(C(C)=O)cc12. The summed E-state index contributed by atoms with van der Waals surface area (Å²) < 4.78 is 0. The molecule has 6 nitrogen and oxygen atoms in total. The van der Waals surface area contributed by atoms with E-state index in [4.69, 9.17) is 5.73 Å².